The summed E-state index contributed by atoms with van der Waals surface area (Å²) in [5.74, 6) is 0.585. The summed E-state index contributed by atoms with van der Waals surface area (Å²) in [4.78, 5) is 11.9. The van der Waals surface area contributed by atoms with Gasteiger partial charge in [0, 0.05) is 12.3 Å². The summed E-state index contributed by atoms with van der Waals surface area (Å²) in [5, 5.41) is 0. The van der Waals surface area contributed by atoms with Crippen molar-refractivity contribution >= 4 is 5.78 Å². The minimum absolute atomic E-state index is 0.154. The van der Waals surface area contributed by atoms with E-state index in [9.17, 15) is 4.79 Å². The van der Waals surface area contributed by atoms with Gasteiger partial charge in [-0.15, -0.1) is 6.58 Å². The zero-order valence-electron chi connectivity index (χ0n) is 9.59. The maximum atomic E-state index is 11.9. The lowest BCUT2D eigenvalue weighted by atomic mass is 9.61. The van der Waals surface area contributed by atoms with Crippen LogP contribution in [0.5, 0.6) is 0 Å². The van der Waals surface area contributed by atoms with E-state index in [0.717, 1.165) is 25.7 Å². The van der Waals surface area contributed by atoms with Crippen molar-refractivity contribution in [2.75, 3.05) is 0 Å². The second-order valence-corrected chi connectivity index (χ2v) is 5.16. The first-order valence-corrected chi connectivity index (χ1v) is 6.01. The van der Waals surface area contributed by atoms with Crippen LogP contribution < -0.4 is 0 Å². The van der Waals surface area contributed by atoms with E-state index in [4.69, 9.17) is 0 Å². The zero-order chi connectivity index (χ0) is 10.9. The summed E-state index contributed by atoms with van der Waals surface area (Å²) in [6.45, 7) is 6.10. The number of rotatable bonds is 2. The Bertz CT molecular complexity index is 313. The second kappa shape index (κ2) is 3.96. The lowest BCUT2D eigenvalue weighted by Gasteiger charge is -2.43. The summed E-state index contributed by atoms with van der Waals surface area (Å²) in [5.41, 5.74) is 1.74. The van der Waals surface area contributed by atoms with Gasteiger partial charge < -0.3 is 0 Å². The number of hydrogen-bond acceptors (Lipinski definition) is 1. The standard InChI is InChI=1S/C14H20O/c1-3-6-11-12-7-4-5-9-14(12,2)10-8-13(11)15/h3,7,11H,1,4-6,8-10H2,2H3. The molecule has 0 amide bonds. The van der Waals surface area contributed by atoms with Crippen LogP contribution in [-0.2, 0) is 4.79 Å². The Morgan fingerprint density at radius 3 is 3.13 bits per heavy atom. The van der Waals surface area contributed by atoms with E-state index in [1.54, 1.807) is 0 Å². The molecule has 0 spiro atoms. The first-order chi connectivity index (χ1) is 7.17. The summed E-state index contributed by atoms with van der Waals surface area (Å²) in [6, 6.07) is 0. The molecule has 0 heterocycles. The van der Waals surface area contributed by atoms with Crippen LogP contribution in [0, 0.1) is 11.3 Å². The van der Waals surface area contributed by atoms with E-state index >= 15 is 0 Å². The van der Waals surface area contributed by atoms with Crippen molar-refractivity contribution in [3.63, 3.8) is 0 Å². The van der Waals surface area contributed by atoms with Crippen molar-refractivity contribution in [1.82, 2.24) is 0 Å². The Morgan fingerprint density at radius 1 is 1.60 bits per heavy atom. The third-order valence-electron chi connectivity index (χ3n) is 4.08. The first kappa shape index (κ1) is 10.7. The molecule has 0 aromatic carbocycles. The fourth-order valence-electron chi connectivity index (χ4n) is 3.14. The molecule has 0 saturated heterocycles. The molecule has 1 nitrogen and oxygen atoms in total. The van der Waals surface area contributed by atoms with Gasteiger partial charge in [-0.1, -0.05) is 24.6 Å². The third-order valence-corrected chi connectivity index (χ3v) is 4.08. The predicted molar refractivity (Wildman–Crippen MR) is 62.6 cm³/mol. The number of hydrogen-bond donors (Lipinski definition) is 0. The fraction of sp³-hybridized carbons (Fsp3) is 0.643. The molecule has 2 aliphatic carbocycles. The topological polar surface area (TPSA) is 17.1 Å². The van der Waals surface area contributed by atoms with E-state index < -0.39 is 0 Å². The molecule has 0 aromatic rings. The lowest BCUT2D eigenvalue weighted by molar-refractivity contribution is -0.124. The van der Waals surface area contributed by atoms with Gasteiger partial charge >= 0.3 is 0 Å². The molecule has 2 unspecified atom stereocenters. The van der Waals surface area contributed by atoms with Crippen molar-refractivity contribution in [2.45, 2.75) is 45.4 Å². The average Bonchev–Trinajstić information content (AvgIpc) is 2.23. The molecule has 1 heteroatoms. The molecule has 2 rings (SSSR count). The molecule has 82 valence electrons. The molecule has 1 saturated carbocycles. The van der Waals surface area contributed by atoms with Gasteiger partial charge in [-0.25, -0.2) is 0 Å². The highest BCUT2D eigenvalue weighted by molar-refractivity contribution is 5.85. The van der Waals surface area contributed by atoms with Crippen molar-refractivity contribution < 1.29 is 4.79 Å². The van der Waals surface area contributed by atoms with Crippen LogP contribution in [0.2, 0.25) is 0 Å². The van der Waals surface area contributed by atoms with Gasteiger partial charge in [0.1, 0.15) is 5.78 Å². The Balaban J connectivity index is 2.31. The van der Waals surface area contributed by atoms with Crippen LogP contribution in [0.25, 0.3) is 0 Å². The molecule has 0 radical (unpaired) electrons. The maximum Gasteiger partial charge on any atom is 0.140 e. The normalized spacial score (nSPS) is 35.7. The minimum atomic E-state index is 0.154. The summed E-state index contributed by atoms with van der Waals surface area (Å²) in [6.07, 6.45) is 10.6. The monoisotopic (exact) mass is 204 g/mol. The number of ketones is 1. The largest absolute Gasteiger partial charge is 0.299 e. The van der Waals surface area contributed by atoms with Crippen LogP contribution in [0.1, 0.15) is 45.4 Å². The Labute approximate surface area is 92.3 Å². The van der Waals surface area contributed by atoms with Crippen molar-refractivity contribution in [3.8, 4) is 0 Å². The number of fused-ring (bicyclic) bond motifs is 1. The Morgan fingerprint density at radius 2 is 2.40 bits per heavy atom. The third kappa shape index (κ3) is 1.80. The highest BCUT2D eigenvalue weighted by Gasteiger charge is 2.41. The highest BCUT2D eigenvalue weighted by Crippen LogP contribution is 2.49. The van der Waals surface area contributed by atoms with Crippen LogP contribution in [-0.4, -0.2) is 5.78 Å². The quantitative estimate of drug-likeness (QED) is 0.627. The number of allylic oxidation sites excluding steroid dienone is 3. The summed E-state index contributed by atoms with van der Waals surface area (Å²) >= 11 is 0. The smallest absolute Gasteiger partial charge is 0.140 e. The van der Waals surface area contributed by atoms with E-state index in [1.165, 1.54) is 18.4 Å². The number of carbonyl (C=O) groups excluding carboxylic acids is 1. The van der Waals surface area contributed by atoms with Crippen molar-refractivity contribution in [1.29, 1.82) is 0 Å². The lowest BCUT2D eigenvalue weighted by Crippen LogP contribution is -2.36. The van der Waals surface area contributed by atoms with Crippen LogP contribution >= 0.6 is 0 Å². The molecule has 15 heavy (non-hydrogen) atoms. The Kier molecular flexibility index (Phi) is 2.81. The van der Waals surface area contributed by atoms with E-state index in [0.29, 0.717) is 11.2 Å². The molecule has 0 bridgehead atoms. The fourth-order valence-corrected chi connectivity index (χ4v) is 3.14. The minimum Gasteiger partial charge on any atom is -0.299 e. The highest BCUT2D eigenvalue weighted by atomic mass is 16.1. The SMILES string of the molecule is C=CCC1C(=O)CCC2(C)CCCC=C12. The number of carbonyl (C=O) groups is 1. The van der Waals surface area contributed by atoms with Gasteiger partial charge in [0.15, 0.2) is 0 Å². The molecule has 0 aromatic heterocycles. The van der Waals surface area contributed by atoms with Gasteiger partial charge in [-0.2, -0.15) is 0 Å². The van der Waals surface area contributed by atoms with Gasteiger partial charge in [0.2, 0.25) is 0 Å². The van der Waals surface area contributed by atoms with Crippen molar-refractivity contribution in [2.24, 2.45) is 11.3 Å². The Hall–Kier alpha value is -0.850. The van der Waals surface area contributed by atoms with Gasteiger partial charge in [-0.05, 0) is 37.5 Å². The van der Waals surface area contributed by atoms with Crippen LogP contribution in [0.4, 0.5) is 0 Å². The molecular weight excluding hydrogens is 184 g/mol. The molecule has 2 aliphatic rings. The van der Waals surface area contributed by atoms with E-state index in [2.05, 4.69) is 19.6 Å². The van der Waals surface area contributed by atoms with Gasteiger partial charge in [-0.3, -0.25) is 4.79 Å². The van der Waals surface area contributed by atoms with E-state index in [-0.39, 0.29) is 5.92 Å². The summed E-state index contributed by atoms with van der Waals surface area (Å²) in [7, 11) is 0. The molecule has 0 aliphatic heterocycles. The molecule has 0 N–H and O–H groups in total. The average molecular weight is 204 g/mol. The first-order valence-electron chi connectivity index (χ1n) is 6.01. The predicted octanol–water partition coefficient (Wildman–Crippen LogP) is 3.66. The summed E-state index contributed by atoms with van der Waals surface area (Å²) < 4.78 is 0. The molecule has 1 fully saturated rings. The molecular formula is C14H20O. The van der Waals surface area contributed by atoms with Gasteiger partial charge in [0.05, 0.1) is 0 Å². The number of Topliss-reactive ketones (excluding diaryl/α,β-unsaturated/α-hetero) is 1. The zero-order valence-corrected chi connectivity index (χ0v) is 9.59. The van der Waals surface area contributed by atoms with Gasteiger partial charge in [0.25, 0.3) is 0 Å². The van der Waals surface area contributed by atoms with Crippen molar-refractivity contribution in [3.05, 3.63) is 24.3 Å². The maximum absolute atomic E-state index is 11.9. The van der Waals surface area contributed by atoms with Crippen LogP contribution in [0.15, 0.2) is 24.3 Å². The molecule has 2 atom stereocenters. The second-order valence-electron chi connectivity index (χ2n) is 5.16. The van der Waals surface area contributed by atoms with E-state index in [1.807, 2.05) is 6.08 Å². The van der Waals surface area contributed by atoms with Crippen LogP contribution in [0.3, 0.4) is 0 Å².